The van der Waals surface area contributed by atoms with E-state index in [9.17, 15) is 4.79 Å². The van der Waals surface area contributed by atoms with Gasteiger partial charge in [-0.3, -0.25) is 4.79 Å². The molecular formula is C14H19N3OS. The minimum atomic E-state index is -0.189. The zero-order valence-electron chi connectivity index (χ0n) is 10.8. The molecule has 0 aromatic heterocycles. The summed E-state index contributed by atoms with van der Waals surface area (Å²) in [6.45, 7) is 5.48. The topological polar surface area (TPSA) is 58.4 Å². The number of carbonyl (C=O) groups excluding carboxylic acids is 1. The normalized spacial score (nSPS) is 17.1. The Kier molecular flexibility index (Phi) is 5.01. The summed E-state index contributed by atoms with van der Waals surface area (Å²) in [7, 11) is 0. The predicted octanol–water partition coefficient (Wildman–Crippen LogP) is 2.24. The first kappa shape index (κ1) is 14.1. The number of benzene rings is 1. The molecule has 0 atom stereocenters. The average molecular weight is 277 g/mol. The molecule has 102 valence electrons. The summed E-state index contributed by atoms with van der Waals surface area (Å²) in [6, 6.07) is 8.18. The first-order valence-corrected chi connectivity index (χ1v) is 7.16. The Labute approximate surface area is 118 Å². The highest BCUT2D eigenvalue weighted by Crippen LogP contribution is 2.26. The Bertz CT molecular complexity index is 439. The number of nitrogens with zero attached hydrogens (tertiary/aromatic N) is 1. The molecular weight excluding hydrogens is 258 g/mol. The van der Waals surface area contributed by atoms with Crippen molar-refractivity contribution in [1.82, 2.24) is 4.31 Å². The van der Waals surface area contributed by atoms with E-state index in [1.807, 2.05) is 24.3 Å². The van der Waals surface area contributed by atoms with E-state index in [0.29, 0.717) is 6.04 Å². The van der Waals surface area contributed by atoms with Crippen molar-refractivity contribution in [2.75, 3.05) is 18.4 Å². The van der Waals surface area contributed by atoms with E-state index in [2.05, 4.69) is 16.2 Å². The van der Waals surface area contributed by atoms with Gasteiger partial charge >= 0.3 is 0 Å². The number of anilines is 1. The summed E-state index contributed by atoms with van der Waals surface area (Å²) in [6.07, 6.45) is 3.38. The molecule has 1 aromatic carbocycles. The lowest BCUT2D eigenvalue weighted by Crippen LogP contribution is -2.36. The first-order valence-electron chi connectivity index (χ1n) is 6.39. The van der Waals surface area contributed by atoms with Gasteiger partial charge in [-0.05, 0) is 55.1 Å². The standard InChI is InChI=1S/C14H19N3OS/c1-2-14(18)16-12-3-5-13(6-4-12)19-17-9-7-11(15)8-10-17/h2-6,11H,1,7-10,15H2,(H,16,18). The first-order chi connectivity index (χ1) is 9.17. The number of rotatable bonds is 4. The van der Waals surface area contributed by atoms with Crippen molar-refractivity contribution in [3.05, 3.63) is 36.9 Å². The maximum Gasteiger partial charge on any atom is 0.247 e. The third-order valence-electron chi connectivity index (χ3n) is 3.04. The van der Waals surface area contributed by atoms with Gasteiger partial charge in [-0.25, -0.2) is 4.31 Å². The zero-order chi connectivity index (χ0) is 13.7. The van der Waals surface area contributed by atoms with E-state index in [1.165, 1.54) is 11.0 Å². The largest absolute Gasteiger partial charge is 0.328 e. The van der Waals surface area contributed by atoms with Crippen molar-refractivity contribution >= 4 is 23.5 Å². The van der Waals surface area contributed by atoms with E-state index < -0.39 is 0 Å². The molecule has 0 spiro atoms. The highest BCUT2D eigenvalue weighted by atomic mass is 32.2. The van der Waals surface area contributed by atoms with Crippen LogP contribution < -0.4 is 11.1 Å². The van der Waals surface area contributed by atoms with Crippen molar-refractivity contribution in [1.29, 1.82) is 0 Å². The van der Waals surface area contributed by atoms with Gasteiger partial charge in [-0.1, -0.05) is 6.58 Å². The molecule has 4 nitrogen and oxygen atoms in total. The number of hydrogen-bond acceptors (Lipinski definition) is 4. The molecule has 2 rings (SSSR count). The van der Waals surface area contributed by atoms with Gasteiger partial charge in [0, 0.05) is 29.7 Å². The van der Waals surface area contributed by atoms with Gasteiger partial charge in [0.1, 0.15) is 0 Å². The van der Waals surface area contributed by atoms with Crippen LogP contribution in [0.25, 0.3) is 0 Å². The van der Waals surface area contributed by atoms with Crippen LogP contribution in [0.1, 0.15) is 12.8 Å². The van der Waals surface area contributed by atoms with Crippen LogP contribution in [0.3, 0.4) is 0 Å². The van der Waals surface area contributed by atoms with Gasteiger partial charge in [0.2, 0.25) is 5.91 Å². The van der Waals surface area contributed by atoms with Crippen LogP contribution >= 0.6 is 11.9 Å². The monoisotopic (exact) mass is 277 g/mol. The van der Waals surface area contributed by atoms with Crippen molar-refractivity contribution in [2.24, 2.45) is 5.73 Å². The van der Waals surface area contributed by atoms with Gasteiger partial charge in [0.05, 0.1) is 0 Å². The minimum Gasteiger partial charge on any atom is -0.328 e. The second kappa shape index (κ2) is 6.75. The summed E-state index contributed by atoms with van der Waals surface area (Å²) in [5.41, 5.74) is 6.67. The third-order valence-corrected chi connectivity index (χ3v) is 4.15. The van der Waals surface area contributed by atoms with E-state index in [1.54, 1.807) is 11.9 Å². The van der Waals surface area contributed by atoms with Crippen LogP contribution in [0.2, 0.25) is 0 Å². The average Bonchev–Trinajstić information content (AvgIpc) is 2.43. The Morgan fingerprint density at radius 2 is 2.00 bits per heavy atom. The number of carbonyl (C=O) groups is 1. The molecule has 1 fully saturated rings. The van der Waals surface area contributed by atoms with Crippen LogP contribution in [-0.2, 0) is 4.79 Å². The summed E-state index contributed by atoms with van der Waals surface area (Å²) in [5.74, 6) is -0.189. The molecule has 0 bridgehead atoms. The van der Waals surface area contributed by atoms with E-state index in [0.717, 1.165) is 31.6 Å². The summed E-state index contributed by atoms with van der Waals surface area (Å²) in [5, 5.41) is 2.73. The molecule has 1 aromatic rings. The number of nitrogens with one attached hydrogen (secondary N) is 1. The Morgan fingerprint density at radius 1 is 1.37 bits per heavy atom. The summed E-state index contributed by atoms with van der Waals surface area (Å²) < 4.78 is 2.33. The van der Waals surface area contributed by atoms with E-state index >= 15 is 0 Å². The molecule has 5 heteroatoms. The second-order valence-corrected chi connectivity index (χ2v) is 5.75. The fourth-order valence-electron chi connectivity index (χ4n) is 1.91. The van der Waals surface area contributed by atoms with Crippen molar-refractivity contribution < 1.29 is 4.79 Å². The van der Waals surface area contributed by atoms with Crippen LogP contribution in [0.4, 0.5) is 5.69 Å². The third kappa shape index (κ3) is 4.38. The molecule has 3 N–H and O–H groups in total. The predicted molar refractivity (Wildman–Crippen MR) is 79.9 cm³/mol. The number of piperidine rings is 1. The molecule has 0 unspecified atom stereocenters. The maximum atomic E-state index is 11.2. The summed E-state index contributed by atoms with van der Waals surface area (Å²) >= 11 is 1.74. The molecule has 0 saturated carbocycles. The highest BCUT2D eigenvalue weighted by Gasteiger charge is 2.16. The Balaban J connectivity index is 1.88. The van der Waals surface area contributed by atoms with Crippen molar-refractivity contribution in [3.63, 3.8) is 0 Å². The molecule has 1 amide bonds. The maximum absolute atomic E-state index is 11.2. The fourth-order valence-corrected chi connectivity index (χ4v) is 2.86. The van der Waals surface area contributed by atoms with Crippen LogP contribution in [0.15, 0.2) is 41.8 Å². The van der Waals surface area contributed by atoms with Crippen LogP contribution in [0.5, 0.6) is 0 Å². The van der Waals surface area contributed by atoms with Crippen molar-refractivity contribution in [3.8, 4) is 0 Å². The van der Waals surface area contributed by atoms with Gasteiger partial charge < -0.3 is 11.1 Å². The smallest absolute Gasteiger partial charge is 0.247 e. The van der Waals surface area contributed by atoms with Gasteiger partial charge in [-0.15, -0.1) is 0 Å². The van der Waals surface area contributed by atoms with Gasteiger partial charge in [0.25, 0.3) is 0 Å². The molecule has 1 saturated heterocycles. The number of amides is 1. The highest BCUT2D eigenvalue weighted by molar-refractivity contribution is 7.97. The molecule has 1 heterocycles. The van der Waals surface area contributed by atoms with E-state index in [4.69, 9.17) is 5.73 Å². The lowest BCUT2D eigenvalue weighted by Gasteiger charge is -2.28. The Morgan fingerprint density at radius 3 is 2.58 bits per heavy atom. The van der Waals surface area contributed by atoms with Crippen LogP contribution in [0, 0.1) is 0 Å². The van der Waals surface area contributed by atoms with E-state index in [-0.39, 0.29) is 5.91 Å². The Hall–Kier alpha value is -1.30. The number of nitrogens with two attached hydrogens (primary N) is 1. The lowest BCUT2D eigenvalue weighted by molar-refractivity contribution is -0.111. The molecule has 1 aliphatic rings. The van der Waals surface area contributed by atoms with Gasteiger partial charge in [-0.2, -0.15) is 0 Å². The zero-order valence-corrected chi connectivity index (χ0v) is 11.7. The quantitative estimate of drug-likeness (QED) is 0.654. The molecule has 0 aliphatic carbocycles. The summed E-state index contributed by atoms with van der Waals surface area (Å²) in [4.78, 5) is 12.3. The molecule has 1 aliphatic heterocycles. The fraction of sp³-hybridized carbons (Fsp3) is 0.357. The number of hydrogen-bond donors (Lipinski definition) is 2. The lowest BCUT2D eigenvalue weighted by atomic mass is 10.1. The molecule has 19 heavy (non-hydrogen) atoms. The van der Waals surface area contributed by atoms with Gasteiger partial charge in [0.15, 0.2) is 0 Å². The second-order valence-electron chi connectivity index (χ2n) is 4.58. The minimum absolute atomic E-state index is 0.189. The van der Waals surface area contributed by atoms with Crippen LogP contribution in [-0.4, -0.2) is 29.3 Å². The SMILES string of the molecule is C=CC(=O)Nc1ccc(SN2CCC(N)CC2)cc1. The molecule has 0 radical (unpaired) electrons. The van der Waals surface area contributed by atoms with Crippen molar-refractivity contribution in [2.45, 2.75) is 23.8 Å².